The lowest BCUT2D eigenvalue weighted by atomic mass is 10.3. The minimum absolute atomic E-state index is 0.199. The Labute approximate surface area is 112 Å². The molecule has 0 aliphatic rings. The number of carbonyl (C=O) groups is 2. The predicted octanol–water partition coefficient (Wildman–Crippen LogP) is 0.361. The predicted molar refractivity (Wildman–Crippen MR) is 69.6 cm³/mol. The SMILES string of the molecule is O=C(NNC(=O)c1ccn[nH]1)c1ccc2cc[nH]c2n1. The fourth-order valence-corrected chi connectivity index (χ4v) is 1.68. The van der Waals surface area contributed by atoms with Crippen LogP contribution in [0.1, 0.15) is 21.0 Å². The van der Waals surface area contributed by atoms with Gasteiger partial charge in [-0.2, -0.15) is 5.10 Å². The van der Waals surface area contributed by atoms with E-state index in [1.54, 1.807) is 18.3 Å². The molecule has 0 unspecified atom stereocenters. The number of hydrogen-bond acceptors (Lipinski definition) is 4. The molecule has 3 heterocycles. The van der Waals surface area contributed by atoms with Crippen molar-refractivity contribution in [2.45, 2.75) is 0 Å². The maximum absolute atomic E-state index is 11.9. The number of fused-ring (bicyclic) bond motifs is 1. The van der Waals surface area contributed by atoms with Gasteiger partial charge in [-0.3, -0.25) is 25.5 Å². The molecule has 3 rings (SSSR count). The zero-order valence-corrected chi connectivity index (χ0v) is 10.2. The van der Waals surface area contributed by atoms with E-state index in [-0.39, 0.29) is 11.4 Å². The highest BCUT2D eigenvalue weighted by Crippen LogP contribution is 2.09. The molecule has 0 atom stereocenters. The maximum Gasteiger partial charge on any atom is 0.288 e. The number of nitrogens with zero attached hydrogens (tertiary/aromatic N) is 2. The normalized spacial score (nSPS) is 10.4. The summed E-state index contributed by atoms with van der Waals surface area (Å²) in [5, 5.41) is 7.03. The fraction of sp³-hybridized carbons (Fsp3) is 0. The molecule has 20 heavy (non-hydrogen) atoms. The lowest BCUT2D eigenvalue weighted by molar-refractivity contribution is 0.0841. The van der Waals surface area contributed by atoms with Gasteiger partial charge < -0.3 is 4.98 Å². The van der Waals surface area contributed by atoms with Crippen LogP contribution in [0.3, 0.4) is 0 Å². The lowest BCUT2D eigenvalue weighted by Crippen LogP contribution is -2.42. The molecule has 3 aromatic rings. The van der Waals surface area contributed by atoms with Crippen LogP contribution >= 0.6 is 0 Å². The van der Waals surface area contributed by atoms with Crippen molar-refractivity contribution in [3.05, 3.63) is 48.0 Å². The minimum Gasteiger partial charge on any atom is -0.346 e. The van der Waals surface area contributed by atoms with Gasteiger partial charge in [0, 0.05) is 17.8 Å². The highest BCUT2D eigenvalue weighted by molar-refractivity contribution is 5.98. The number of hydrazine groups is 1. The van der Waals surface area contributed by atoms with E-state index in [1.807, 2.05) is 6.07 Å². The Hall–Kier alpha value is -3.16. The Bertz CT molecular complexity index is 761. The van der Waals surface area contributed by atoms with Crippen LogP contribution in [0.15, 0.2) is 36.7 Å². The van der Waals surface area contributed by atoms with E-state index in [4.69, 9.17) is 0 Å². The fourth-order valence-electron chi connectivity index (χ4n) is 1.68. The number of carbonyl (C=O) groups excluding carboxylic acids is 2. The van der Waals surface area contributed by atoms with E-state index in [2.05, 4.69) is 31.0 Å². The van der Waals surface area contributed by atoms with Crippen molar-refractivity contribution >= 4 is 22.8 Å². The number of aromatic amines is 2. The second-order valence-corrected chi connectivity index (χ2v) is 3.99. The van der Waals surface area contributed by atoms with Gasteiger partial charge >= 0.3 is 0 Å². The van der Waals surface area contributed by atoms with Gasteiger partial charge in [0.1, 0.15) is 17.0 Å². The number of rotatable bonds is 2. The molecule has 0 saturated heterocycles. The van der Waals surface area contributed by atoms with Crippen LogP contribution in [-0.2, 0) is 0 Å². The molecule has 8 heteroatoms. The Morgan fingerprint density at radius 1 is 1.05 bits per heavy atom. The molecule has 0 saturated carbocycles. The van der Waals surface area contributed by atoms with Crippen molar-refractivity contribution in [2.24, 2.45) is 0 Å². The molecule has 0 aliphatic carbocycles. The summed E-state index contributed by atoms with van der Waals surface area (Å²) in [6, 6.07) is 6.69. The number of hydrogen-bond donors (Lipinski definition) is 4. The second kappa shape index (κ2) is 4.84. The summed E-state index contributed by atoms with van der Waals surface area (Å²) in [6.45, 7) is 0. The number of pyridine rings is 1. The van der Waals surface area contributed by atoms with Crippen LogP contribution in [-0.4, -0.2) is 32.0 Å². The molecule has 2 amide bonds. The van der Waals surface area contributed by atoms with Crippen LogP contribution in [0.2, 0.25) is 0 Å². The summed E-state index contributed by atoms with van der Waals surface area (Å²) in [4.78, 5) is 30.5. The molecular weight excluding hydrogens is 260 g/mol. The lowest BCUT2D eigenvalue weighted by Gasteiger charge is -2.05. The van der Waals surface area contributed by atoms with Crippen molar-refractivity contribution in [1.82, 2.24) is 31.0 Å². The van der Waals surface area contributed by atoms with Gasteiger partial charge in [-0.1, -0.05) is 0 Å². The number of H-pyrrole nitrogens is 2. The van der Waals surface area contributed by atoms with Crippen LogP contribution < -0.4 is 10.9 Å². The van der Waals surface area contributed by atoms with E-state index in [1.165, 1.54) is 12.3 Å². The summed E-state index contributed by atoms with van der Waals surface area (Å²) < 4.78 is 0. The van der Waals surface area contributed by atoms with Gasteiger partial charge in [0.05, 0.1) is 0 Å². The largest absolute Gasteiger partial charge is 0.346 e. The Balaban J connectivity index is 1.68. The zero-order chi connectivity index (χ0) is 13.9. The third-order valence-electron chi connectivity index (χ3n) is 2.68. The minimum atomic E-state index is -0.505. The molecule has 8 nitrogen and oxygen atoms in total. The molecule has 0 spiro atoms. The quantitative estimate of drug-likeness (QED) is 0.503. The smallest absolute Gasteiger partial charge is 0.288 e. The zero-order valence-electron chi connectivity index (χ0n) is 10.2. The molecule has 0 radical (unpaired) electrons. The Morgan fingerprint density at radius 2 is 1.90 bits per heavy atom. The van der Waals surface area contributed by atoms with E-state index in [0.717, 1.165) is 5.39 Å². The third kappa shape index (κ3) is 2.21. The van der Waals surface area contributed by atoms with Gasteiger partial charge in [0.2, 0.25) is 0 Å². The summed E-state index contributed by atoms with van der Waals surface area (Å²) in [7, 11) is 0. The molecule has 0 fully saturated rings. The first-order valence-corrected chi connectivity index (χ1v) is 5.78. The van der Waals surface area contributed by atoms with Crippen LogP contribution in [0.4, 0.5) is 0 Å². The molecular formula is C12H10N6O2. The van der Waals surface area contributed by atoms with E-state index in [9.17, 15) is 9.59 Å². The molecule has 0 aliphatic heterocycles. The first-order valence-electron chi connectivity index (χ1n) is 5.78. The van der Waals surface area contributed by atoms with Gasteiger partial charge in [-0.25, -0.2) is 4.98 Å². The number of nitrogens with one attached hydrogen (secondary N) is 4. The van der Waals surface area contributed by atoms with E-state index < -0.39 is 11.8 Å². The summed E-state index contributed by atoms with van der Waals surface area (Å²) >= 11 is 0. The second-order valence-electron chi connectivity index (χ2n) is 3.99. The van der Waals surface area contributed by atoms with Crippen molar-refractivity contribution in [3.63, 3.8) is 0 Å². The average Bonchev–Trinajstić information content (AvgIpc) is 3.13. The van der Waals surface area contributed by atoms with Gasteiger partial charge in [-0.15, -0.1) is 0 Å². The van der Waals surface area contributed by atoms with Crippen molar-refractivity contribution in [1.29, 1.82) is 0 Å². The maximum atomic E-state index is 11.9. The molecule has 3 aromatic heterocycles. The van der Waals surface area contributed by atoms with Gasteiger partial charge in [0.15, 0.2) is 0 Å². The highest BCUT2D eigenvalue weighted by Gasteiger charge is 2.11. The monoisotopic (exact) mass is 270 g/mol. The molecule has 100 valence electrons. The first kappa shape index (κ1) is 11.9. The number of amides is 2. The summed E-state index contributed by atoms with van der Waals surface area (Å²) in [5.41, 5.74) is 5.60. The standard InChI is InChI=1S/C12H10N6O2/c19-11(17-18-12(20)9-4-6-14-16-9)8-2-1-7-3-5-13-10(7)15-8/h1-6H,(H,13,15)(H,14,16)(H,17,19)(H,18,20). The Morgan fingerprint density at radius 3 is 2.70 bits per heavy atom. The van der Waals surface area contributed by atoms with Crippen LogP contribution in [0.5, 0.6) is 0 Å². The third-order valence-corrected chi connectivity index (χ3v) is 2.68. The summed E-state index contributed by atoms with van der Waals surface area (Å²) in [6.07, 6.45) is 3.18. The molecule has 0 bridgehead atoms. The first-order chi connectivity index (χ1) is 9.74. The molecule has 4 N–H and O–H groups in total. The van der Waals surface area contributed by atoms with Gasteiger partial charge in [0.25, 0.3) is 11.8 Å². The number of aromatic nitrogens is 4. The topological polar surface area (TPSA) is 116 Å². The summed E-state index contributed by atoms with van der Waals surface area (Å²) in [5.74, 6) is -0.994. The van der Waals surface area contributed by atoms with E-state index in [0.29, 0.717) is 5.65 Å². The highest BCUT2D eigenvalue weighted by atomic mass is 16.2. The van der Waals surface area contributed by atoms with Crippen LogP contribution in [0.25, 0.3) is 11.0 Å². The Kier molecular flexibility index (Phi) is 2.88. The van der Waals surface area contributed by atoms with E-state index >= 15 is 0 Å². The molecule has 0 aromatic carbocycles. The van der Waals surface area contributed by atoms with Gasteiger partial charge in [-0.05, 0) is 24.3 Å². The van der Waals surface area contributed by atoms with Crippen LogP contribution in [0, 0.1) is 0 Å². The average molecular weight is 270 g/mol. The van der Waals surface area contributed by atoms with Crippen molar-refractivity contribution < 1.29 is 9.59 Å². The van der Waals surface area contributed by atoms with Crippen molar-refractivity contribution in [2.75, 3.05) is 0 Å². The van der Waals surface area contributed by atoms with Crippen molar-refractivity contribution in [3.8, 4) is 0 Å².